The van der Waals surface area contributed by atoms with E-state index >= 15 is 0 Å². The molecule has 5 rings (SSSR count). The van der Waals surface area contributed by atoms with Gasteiger partial charge < -0.3 is 16.2 Å². The average molecular weight is 367 g/mol. The van der Waals surface area contributed by atoms with Crippen molar-refractivity contribution in [1.29, 1.82) is 0 Å². The standard InChI is InChI=1S/C22H17N5O/c1-13-17(23)11-27-20(13)18(19-21(24)25-12-26-22(19)27)14-7-9-16(10-8-14)28-15-5-3-2-4-6-15/h2-12H,1,23H2,(H2,24,25,26). The topological polar surface area (TPSA) is 91.5 Å². The van der Waals surface area contributed by atoms with E-state index in [0.717, 1.165) is 38.7 Å². The fraction of sp³-hybridized carbons (Fsp3) is 0. The second kappa shape index (κ2) is 5.99. The van der Waals surface area contributed by atoms with E-state index in [9.17, 15) is 0 Å². The summed E-state index contributed by atoms with van der Waals surface area (Å²) in [6, 6.07) is 17.5. The minimum Gasteiger partial charge on any atom is -0.457 e. The molecule has 0 radical (unpaired) electrons. The normalized spacial score (nSPS) is 11.3. The van der Waals surface area contributed by atoms with E-state index in [-0.39, 0.29) is 0 Å². The highest BCUT2D eigenvalue weighted by Gasteiger charge is 2.20. The number of hydrogen-bond acceptors (Lipinski definition) is 5. The fourth-order valence-electron chi connectivity index (χ4n) is 3.53. The summed E-state index contributed by atoms with van der Waals surface area (Å²) >= 11 is 0. The second-order valence-electron chi connectivity index (χ2n) is 6.55. The van der Waals surface area contributed by atoms with Crippen molar-refractivity contribution in [2.45, 2.75) is 0 Å². The number of ether oxygens (including phenoxy) is 1. The van der Waals surface area contributed by atoms with Crippen molar-refractivity contribution in [3.8, 4) is 22.6 Å². The molecule has 0 unspecified atom stereocenters. The van der Waals surface area contributed by atoms with Crippen molar-refractivity contribution in [1.82, 2.24) is 14.4 Å². The lowest BCUT2D eigenvalue weighted by atomic mass is 10.0. The summed E-state index contributed by atoms with van der Waals surface area (Å²) in [6.07, 6.45) is 3.28. The van der Waals surface area contributed by atoms with E-state index in [2.05, 4.69) is 16.5 Å². The zero-order valence-corrected chi connectivity index (χ0v) is 15.0. The molecule has 0 fully saturated rings. The Kier molecular flexibility index (Phi) is 3.45. The Labute approximate surface area is 160 Å². The Balaban J connectivity index is 1.69. The predicted octanol–water partition coefficient (Wildman–Crippen LogP) is 3.64. The molecule has 0 saturated carbocycles. The third kappa shape index (κ3) is 2.35. The number of nitrogens with two attached hydrogens (primary N) is 2. The summed E-state index contributed by atoms with van der Waals surface area (Å²) in [7, 11) is 0. The monoisotopic (exact) mass is 367 g/mol. The summed E-state index contributed by atoms with van der Waals surface area (Å²) < 4.78 is 7.82. The molecule has 3 aromatic heterocycles. The van der Waals surface area contributed by atoms with Gasteiger partial charge in [0.15, 0.2) is 5.65 Å². The van der Waals surface area contributed by atoms with Gasteiger partial charge in [0.2, 0.25) is 0 Å². The van der Waals surface area contributed by atoms with Crippen LogP contribution < -0.4 is 21.4 Å². The van der Waals surface area contributed by atoms with Crippen LogP contribution in [0.4, 0.5) is 11.5 Å². The first kappa shape index (κ1) is 16.1. The van der Waals surface area contributed by atoms with E-state index in [4.69, 9.17) is 16.2 Å². The van der Waals surface area contributed by atoms with Gasteiger partial charge in [-0.1, -0.05) is 36.9 Å². The molecule has 0 aliphatic rings. The number of nitrogen functional groups attached to an aromatic ring is 2. The van der Waals surface area contributed by atoms with Crippen LogP contribution in [0.1, 0.15) is 0 Å². The summed E-state index contributed by atoms with van der Waals surface area (Å²) in [6.45, 7) is 4.13. The molecular weight excluding hydrogens is 350 g/mol. The van der Waals surface area contributed by atoms with Gasteiger partial charge in [-0.2, -0.15) is 0 Å². The zero-order valence-electron chi connectivity index (χ0n) is 15.0. The van der Waals surface area contributed by atoms with E-state index in [1.54, 1.807) is 0 Å². The number of rotatable bonds is 3. The van der Waals surface area contributed by atoms with Gasteiger partial charge in [0.05, 0.1) is 16.6 Å². The lowest BCUT2D eigenvalue weighted by Crippen LogP contribution is -2.02. The van der Waals surface area contributed by atoms with Crippen LogP contribution in [0.5, 0.6) is 11.5 Å². The van der Waals surface area contributed by atoms with Gasteiger partial charge in [-0.3, -0.25) is 4.40 Å². The van der Waals surface area contributed by atoms with Crippen molar-refractivity contribution in [3.05, 3.63) is 72.3 Å². The van der Waals surface area contributed by atoms with Gasteiger partial charge in [-0.25, -0.2) is 9.97 Å². The molecule has 3 heterocycles. The lowest BCUT2D eigenvalue weighted by Gasteiger charge is -2.07. The summed E-state index contributed by atoms with van der Waals surface area (Å²) in [5, 5.41) is 1.54. The van der Waals surface area contributed by atoms with Crippen LogP contribution in [0.2, 0.25) is 0 Å². The largest absolute Gasteiger partial charge is 0.457 e. The number of nitrogens with zero attached hydrogens (tertiary/aromatic N) is 3. The third-order valence-corrected chi connectivity index (χ3v) is 4.84. The molecule has 0 bridgehead atoms. The molecule has 6 nitrogen and oxygen atoms in total. The molecule has 2 aromatic carbocycles. The lowest BCUT2D eigenvalue weighted by molar-refractivity contribution is 0.483. The highest BCUT2D eigenvalue weighted by atomic mass is 16.5. The number of fused-ring (bicyclic) bond motifs is 3. The smallest absolute Gasteiger partial charge is 0.150 e. The summed E-state index contributed by atoms with van der Waals surface area (Å²) in [5.74, 6) is 1.95. The van der Waals surface area contributed by atoms with E-state index in [1.165, 1.54) is 6.33 Å². The number of para-hydroxylation sites is 1. The van der Waals surface area contributed by atoms with Gasteiger partial charge in [0.25, 0.3) is 0 Å². The molecule has 0 saturated heterocycles. The molecular formula is C22H17N5O. The van der Waals surface area contributed by atoms with Crippen LogP contribution in [0.15, 0.2) is 67.1 Å². The molecule has 4 N–H and O–H groups in total. The van der Waals surface area contributed by atoms with E-state index in [0.29, 0.717) is 17.2 Å². The third-order valence-electron chi connectivity index (χ3n) is 4.84. The van der Waals surface area contributed by atoms with Gasteiger partial charge in [0.1, 0.15) is 23.6 Å². The van der Waals surface area contributed by atoms with Gasteiger partial charge in [-0.05, 0) is 29.8 Å². The van der Waals surface area contributed by atoms with Crippen LogP contribution in [0, 0.1) is 0 Å². The minimum atomic E-state index is 0.422. The van der Waals surface area contributed by atoms with Crippen LogP contribution in [-0.2, 0) is 0 Å². The van der Waals surface area contributed by atoms with Crippen LogP contribution in [-0.4, -0.2) is 14.4 Å². The molecule has 6 heteroatoms. The SMILES string of the molecule is C=c1c(N)cn2c1c(-c1ccc(Oc3ccccc3)cc1)c1c(N)ncnc12. The quantitative estimate of drug-likeness (QED) is 0.508. The predicted molar refractivity (Wildman–Crippen MR) is 112 cm³/mol. The zero-order chi connectivity index (χ0) is 19.3. The molecule has 0 spiro atoms. The van der Waals surface area contributed by atoms with Gasteiger partial charge in [-0.15, -0.1) is 0 Å². The Bertz CT molecular complexity index is 1360. The van der Waals surface area contributed by atoms with Crippen molar-refractivity contribution in [3.63, 3.8) is 0 Å². The van der Waals surface area contributed by atoms with Crippen molar-refractivity contribution in [2.75, 3.05) is 11.5 Å². The van der Waals surface area contributed by atoms with Crippen molar-refractivity contribution in [2.24, 2.45) is 0 Å². The van der Waals surface area contributed by atoms with E-state index < -0.39 is 0 Å². The Hall–Kier alpha value is -4.06. The second-order valence-corrected chi connectivity index (χ2v) is 6.55. The maximum Gasteiger partial charge on any atom is 0.150 e. The first-order valence-corrected chi connectivity index (χ1v) is 8.78. The molecule has 5 aromatic rings. The summed E-state index contributed by atoms with van der Waals surface area (Å²) in [4.78, 5) is 8.58. The first-order valence-electron chi connectivity index (χ1n) is 8.78. The Morgan fingerprint density at radius 1 is 0.893 bits per heavy atom. The molecule has 136 valence electrons. The molecule has 0 aliphatic carbocycles. The minimum absolute atomic E-state index is 0.422. The maximum atomic E-state index is 6.20. The van der Waals surface area contributed by atoms with E-state index in [1.807, 2.05) is 65.2 Å². The Morgan fingerprint density at radius 2 is 1.61 bits per heavy atom. The maximum absolute atomic E-state index is 6.20. The van der Waals surface area contributed by atoms with Crippen LogP contribution in [0.3, 0.4) is 0 Å². The highest BCUT2D eigenvalue weighted by Crippen LogP contribution is 2.37. The molecule has 0 amide bonds. The molecule has 28 heavy (non-hydrogen) atoms. The van der Waals surface area contributed by atoms with Gasteiger partial charge >= 0.3 is 0 Å². The highest BCUT2D eigenvalue weighted by molar-refractivity contribution is 6.09. The van der Waals surface area contributed by atoms with Gasteiger partial charge in [0, 0.05) is 17.0 Å². The number of anilines is 2. The summed E-state index contributed by atoms with van der Waals surface area (Å²) in [5.41, 5.74) is 16.4. The number of hydrogen-bond donors (Lipinski definition) is 2. The van der Waals surface area contributed by atoms with Crippen LogP contribution >= 0.6 is 0 Å². The first-order chi connectivity index (χ1) is 13.6. The average Bonchev–Trinajstić information content (AvgIpc) is 3.19. The Morgan fingerprint density at radius 3 is 2.36 bits per heavy atom. The van der Waals surface area contributed by atoms with Crippen molar-refractivity contribution < 1.29 is 4.74 Å². The molecule has 0 aliphatic heterocycles. The van der Waals surface area contributed by atoms with Crippen molar-refractivity contribution >= 4 is 34.6 Å². The number of aromatic nitrogens is 3. The number of benzene rings is 2. The fourth-order valence-corrected chi connectivity index (χ4v) is 3.53. The molecule has 0 atom stereocenters. The van der Waals surface area contributed by atoms with Crippen LogP contribution in [0.25, 0.3) is 34.3 Å².